The second kappa shape index (κ2) is 7.73. The summed E-state index contributed by atoms with van der Waals surface area (Å²) in [4.78, 5) is 33.2. The zero-order valence-corrected chi connectivity index (χ0v) is 17.1. The number of benzene rings is 2. The van der Waals surface area contributed by atoms with Crippen molar-refractivity contribution in [1.82, 2.24) is 14.5 Å². The van der Waals surface area contributed by atoms with Crippen LogP contribution in [0.2, 0.25) is 0 Å². The first-order chi connectivity index (χ1) is 15.1. The summed E-state index contributed by atoms with van der Waals surface area (Å²) in [7, 11) is 0. The Kier molecular flexibility index (Phi) is 4.76. The van der Waals surface area contributed by atoms with Crippen molar-refractivity contribution in [1.29, 1.82) is 0 Å². The number of non-ortho nitro benzene ring substituents is 1. The third-order valence-electron chi connectivity index (χ3n) is 5.08. The average Bonchev–Trinajstić information content (AvgIpc) is 3.21. The van der Waals surface area contributed by atoms with Gasteiger partial charge in [0.25, 0.3) is 11.2 Å². The molecule has 0 bridgehead atoms. The number of nitro benzene ring substituents is 1. The molecule has 3 heterocycles. The van der Waals surface area contributed by atoms with Crippen LogP contribution in [-0.4, -0.2) is 19.5 Å². The van der Waals surface area contributed by atoms with Crippen molar-refractivity contribution in [3.8, 4) is 5.69 Å². The molecule has 5 aromatic rings. The van der Waals surface area contributed by atoms with Crippen LogP contribution in [0.5, 0.6) is 0 Å². The van der Waals surface area contributed by atoms with Gasteiger partial charge < -0.3 is 0 Å². The van der Waals surface area contributed by atoms with E-state index in [4.69, 9.17) is 0 Å². The zero-order chi connectivity index (χ0) is 21.4. The van der Waals surface area contributed by atoms with Crippen molar-refractivity contribution in [3.05, 3.63) is 104 Å². The summed E-state index contributed by atoms with van der Waals surface area (Å²) in [5, 5.41) is 13.0. The minimum Gasteiger partial charge on any atom is -0.269 e. The molecule has 0 amide bonds. The molecular formula is C23H16N4O3S. The number of fused-ring (bicyclic) bond motifs is 2. The Labute approximate surface area is 180 Å². The molecular weight excluding hydrogens is 412 g/mol. The van der Waals surface area contributed by atoms with Gasteiger partial charge >= 0.3 is 0 Å². The first kappa shape index (κ1) is 19.1. The third kappa shape index (κ3) is 3.57. The Bertz CT molecular complexity index is 1470. The number of thiazole rings is 1. The second-order valence-electron chi connectivity index (χ2n) is 7.08. The molecule has 5 rings (SSSR count). The second-order valence-corrected chi connectivity index (χ2v) is 8.19. The Hall–Kier alpha value is -3.91. The Morgan fingerprint density at radius 2 is 1.87 bits per heavy atom. The predicted molar refractivity (Wildman–Crippen MR) is 121 cm³/mol. The number of hydrogen-bond donors (Lipinski definition) is 0. The largest absolute Gasteiger partial charge is 0.271 e. The molecule has 0 saturated carbocycles. The summed E-state index contributed by atoms with van der Waals surface area (Å²) in [5.74, 6) is 0. The van der Waals surface area contributed by atoms with Gasteiger partial charge in [-0.15, -0.1) is 11.3 Å². The van der Waals surface area contributed by atoms with Crippen LogP contribution >= 0.6 is 11.3 Å². The molecule has 0 aliphatic rings. The van der Waals surface area contributed by atoms with Crippen LogP contribution in [0.25, 0.3) is 26.9 Å². The Morgan fingerprint density at radius 3 is 2.71 bits per heavy atom. The molecule has 0 N–H and O–H groups in total. The molecule has 8 heteroatoms. The average molecular weight is 428 g/mol. The maximum Gasteiger partial charge on any atom is 0.271 e. The topological polar surface area (TPSA) is 90.9 Å². The quantitative estimate of drug-likeness (QED) is 0.299. The number of aromatic nitrogens is 3. The fourth-order valence-electron chi connectivity index (χ4n) is 3.63. The van der Waals surface area contributed by atoms with Crippen molar-refractivity contribution in [2.45, 2.75) is 12.8 Å². The standard InChI is InChI=1S/C23H16N4O3S/c28-23-16(10-11-21-25-19-8-1-2-9-20(19)31-21)13-15-5-4-12-24-22(15)26(23)17-6-3-7-18(14-17)27(29)30/h1-9,12-14H,10-11H2. The fourth-order valence-corrected chi connectivity index (χ4v) is 4.60. The van der Waals surface area contributed by atoms with Crippen molar-refractivity contribution in [2.75, 3.05) is 0 Å². The van der Waals surface area contributed by atoms with Gasteiger partial charge in [-0.3, -0.25) is 19.5 Å². The maximum atomic E-state index is 13.4. The molecule has 0 unspecified atom stereocenters. The van der Waals surface area contributed by atoms with E-state index in [1.807, 2.05) is 42.5 Å². The van der Waals surface area contributed by atoms with E-state index < -0.39 is 4.92 Å². The number of nitro groups is 1. The summed E-state index contributed by atoms with van der Waals surface area (Å²) in [6, 6.07) is 19.6. The summed E-state index contributed by atoms with van der Waals surface area (Å²) in [5.41, 5.74) is 2.16. The van der Waals surface area contributed by atoms with Gasteiger partial charge in [0.15, 0.2) is 0 Å². The molecule has 0 radical (unpaired) electrons. The van der Waals surface area contributed by atoms with Crippen LogP contribution in [0.15, 0.2) is 77.7 Å². The number of rotatable bonds is 5. The maximum absolute atomic E-state index is 13.4. The van der Waals surface area contributed by atoms with Gasteiger partial charge in [-0.25, -0.2) is 9.97 Å². The van der Waals surface area contributed by atoms with Crippen LogP contribution in [0.1, 0.15) is 10.6 Å². The van der Waals surface area contributed by atoms with Crippen LogP contribution < -0.4 is 5.56 Å². The molecule has 0 aliphatic carbocycles. The lowest BCUT2D eigenvalue weighted by atomic mass is 10.1. The highest BCUT2D eigenvalue weighted by Gasteiger charge is 2.15. The number of nitrogens with zero attached hydrogens (tertiary/aromatic N) is 4. The molecule has 0 aliphatic heterocycles. The van der Waals surface area contributed by atoms with Crippen molar-refractivity contribution < 1.29 is 4.92 Å². The molecule has 31 heavy (non-hydrogen) atoms. The number of pyridine rings is 2. The lowest BCUT2D eigenvalue weighted by Gasteiger charge is -2.12. The minimum absolute atomic E-state index is 0.0756. The Morgan fingerprint density at radius 1 is 1.00 bits per heavy atom. The number of para-hydroxylation sites is 1. The van der Waals surface area contributed by atoms with E-state index >= 15 is 0 Å². The lowest BCUT2D eigenvalue weighted by Crippen LogP contribution is -2.23. The van der Waals surface area contributed by atoms with E-state index in [2.05, 4.69) is 9.97 Å². The Balaban J connectivity index is 1.59. The van der Waals surface area contributed by atoms with Gasteiger partial charge in [0, 0.05) is 35.7 Å². The van der Waals surface area contributed by atoms with Gasteiger partial charge in [-0.05, 0) is 42.8 Å². The molecule has 0 saturated heterocycles. The van der Waals surface area contributed by atoms with Gasteiger partial charge in [0.2, 0.25) is 0 Å². The molecule has 152 valence electrons. The molecule has 0 atom stereocenters. The zero-order valence-electron chi connectivity index (χ0n) is 16.3. The van der Waals surface area contributed by atoms with Crippen molar-refractivity contribution in [3.63, 3.8) is 0 Å². The van der Waals surface area contributed by atoms with Crippen LogP contribution in [0.3, 0.4) is 0 Å². The summed E-state index contributed by atoms with van der Waals surface area (Å²) in [6.45, 7) is 0. The van der Waals surface area contributed by atoms with Gasteiger partial charge in [-0.1, -0.05) is 18.2 Å². The monoisotopic (exact) mass is 428 g/mol. The lowest BCUT2D eigenvalue weighted by molar-refractivity contribution is -0.384. The van der Waals surface area contributed by atoms with Gasteiger partial charge in [-0.2, -0.15) is 0 Å². The summed E-state index contributed by atoms with van der Waals surface area (Å²) in [6.07, 6.45) is 2.75. The fraction of sp³-hybridized carbons (Fsp3) is 0.0870. The first-order valence-corrected chi connectivity index (χ1v) is 10.5. The van der Waals surface area contributed by atoms with E-state index in [1.54, 1.807) is 29.7 Å². The van der Waals surface area contributed by atoms with Crippen LogP contribution in [0, 0.1) is 10.1 Å². The van der Waals surface area contributed by atoms with Crippen LogP contribution in [0.4, 0.5) is 5.69 Å². The number of hydrogen-bond acceptors (Lipinski definition) is 6. The van der Waals surface area contributed by atoms with E-state index in [0.717, 1.165) is 20.6 Å². The highest BCUT2D eigenvalue weighted by atomic mass is 32.1. The third-order valence-corrected chi connectivity index (χ3v) is 6.18. The van der Waals surface area contributed by atoms with Gasteiger partial charge in [0.05, 0.1) is 25.8 Å². The first-order valence-electron chi connectivity index (χ1n) is 9.69. The van der Waals surface area contributed by atoms with Crippen molar-refractivity contribution in [2.24, 2.45) is 0 Å². The van der Waals surface area contributed by atoms with E-state index in [0.29, 0.717) is 29.7 Å². The van der Waals surface area contributed by atoms with Gasteiger partial charge in [0.1, 0.15) is 5.65 Å². The molecule has 3 aromatic heterocycles. The highest BCUT2D eigenvalue weighted by molar-refractivity contribution is 7.18. The van der Waals surface area contributed by atoms with Crippen LogP contribution in [-0.2, 0) is 12.8 Å². The minimum atomic E-state index is -0.471. The smallest absolute Gasteiger partial charge is 0.269 e. The molecule has 0 spiro atoms. The molecule has 2 aromatic carbocycles. The predicted octanol–water partition coefficient (Wildman–Crippen LogP) is 4.69. The van der Waals surface area contributed by atoms with E-state index in [1.165, 1.54) is 16.7 Å². The van der Waals surface area contributed by atoms with E-state index in [9.17, 15) is 14.9 Å². The molecule has 7 nitrogen and oxygen atoms in total. The summed E-state index contributed by atoms with van der Waals surface area (Å²) >= 11 is 1.62. The SMILES string of the molecule is O=c1c(CCc2nc3ccccc3s2)cc2cccnc2n1-c1cccc([N+](=O)[O-])c1. The normalized spacial score (nSPS) is 11.2. The highest BCUT2D eigenvalue weighted by Crippen LogP contribution is 2.24. The van der Waals surface area contributed by atoms with Crippen molar-refractivity contribution >= 4 is 38.3 Å². The number of aryl methyl sites for hydroxylation is 2. The summed E-state index contributed by atoms with van der Waals surface area (Å²) < 4.78 is 2.57. The van der Waals surface area contributed by atoms with E-state index in [-0.39, 0.29) is 11.2 Å². The molecule has 0 fully saturated rings.